The Morgan fingerprint density at radius 1 is 0.833 bits per heavy atom. The quantitative estimate of drug-likeness (QED) is 0.252. The van der Waals surface area contributed by atoms with Crippen LogP contribution < -0.4 is 10.1 Å². The summed E-state index contributed by atoms with van der Waals surface area (Å²) >= 11 is 12.0. The zero-order valence-corrected chi connectivity index (χ0v) is 21.7. The molecule has 0 atom stereocenters. The van der Waals surface area contributed by atoms with E-state index in [9.17, 15) is 13.2 Å². The number of ether oxygens (including phenoxy) is 1. The van der Waals surface area contributed by atoms with E-state index in [2.05, 4.69) is 5.32 Å². The van der Waals surface area contributed by atoms with Gasteiger partial charge in [-0.05, 0) is 71.8 Å². The van der Waals surface area contributed by atoms with Crippen LogP contribution in [0, 0.1) is 0 Å². The van der Waals surface area contributed by atoms with Gasteiger partial charge in [0.1, 0.15) is 11.5 Å². The van der Waals surface area contributed by atoms with Crippen molar-refractivity contribution in [3.8, 4) is 22.6 Å². The maximum Gasteiger partial charge on any atom is 0.228 e. The Labute approximate surface area is 220 Å². The highest BCUT2D eigenvalue weighted by molar-refractivity contribution is 7.91. The predicted molar refractivity (Wildman–Crippen MR) is 145 cm³/mol. The summed E-state index contributed by atoms with van der Waals surface area (Å²) in [6, 6.07) is 26.2. The SMILES string of the molecule is CCS(=O)(=O)c1ccc(CC(=O)Nc2ccc(-c3ccc(Cl)cc3)c(Oc3ccc(Cl)cc3)c2)cc1. The molecule has 36 heavy (non-hydrogen) atoms. The second kappa shape index (κ2) is 11.2. The molecular weight excluding hydrogens is 517 g/mol. The van der Waals surface area contributed by atoms with E-state index in [1.165, 1.54) is 12.1 Å². The lowest BCUT2D eigenvalue weighted by atomic mass is 10.0. The first-order valence-corrected chi connectivity index (χ1v) is 13.6. The lowest BCUT2D eigenvalue weighted by Gasteiger charge is -2.14. The van der Waals surface area contributed by atoms with Gasteiger partial charge >= 0.3 is 0 Å². The average molecular weight is 540 g/mol. The Morgan fingerprint density at radius 2 is 1.44 bits per heavy atom. The minimum absolute atomic E-state index is 0.0271. The number of benzene rings is 4. The van der Waals surface area contributed by atoms with Crippen LogP contribution in [0.4, 0.5) is 5.69 Å². The summed E-state index contributed by atoms with van der Waals surface area (Å²) in [6.07, 6.45) is 0.0960. The number of nitrogens with one attached hydrogen (secondary N) is 1. The van der Waals surface area contributed by atoms with Gasteiger partial charge in [0.05, 0.1) is 17.1 Å². The van der Waals surface area contributed by atoms with Gasteiger partial charge < -0.3 is 10.1 Å². The van der Waals surface area contributed by atoms with Crippen LogP contribution in [0.3, 0.4) is 0 Å². The number of halogens is 2. The highest BCUT2D eigenvalue weighted by Crippen LogP contribution is 2.36. The molecule has 0 aliphatic rings. The van der Waals surface area contributed by atoms with E-state index in [0.717, 1.165) is 11.1 Å². The number of sulfone groups is 1. The summed E-state index contributed by atoms with van der Waals surface area (Å²) in [7, 11) is -3.28. The van der Waals surface area contributed by atoms with Crippen LogP contribution in [-0.2, 0) is 21.1 Å². The Bertz CT molecular complexity index is 1470. The van der Waals surface area contributed by atoms with Gasteiger partial charge in [-0.25, -0.2) is 8.42 Å². The minimum Gasteiger partial charge on any atom is -0.457 e. The van der Waals surface area contributed by atoms with Gasteiger partial charge in [-0.1, -0.05) is 54.4 Å². The molecule has 0 spiro atoms. The minimum atomic E-state index is -3.28. The molecule has 184 valence electrons. The van der Waals surface area contributed by atoms with E-state index >= 15 is 0 Å². The number of carbonyl (C=O) groups is 1. The molecule has 5 nitrogen and oxygen atoms in total. The number of anilines is 1. The molecule has 0 unspecified atom stereocenters. The van der Waals surface area contributed by atoms with Crippen molar-refractivity contribution in [1.82, 2.24) is 0 Å². The van der Waals surface area contributed by atoms with Crippen molar-refractivity contribution >= 4 is 44.6 Å². The van der Waals surface area contributed by atoms with Crippen molar-refractivity contribution in [1.29, 1.82) is 0 Å². The van der Waals surface area contributed by atoms with Gasteiger partial charge in [-0.2, -0.15) is 0 Å². The van der Waals surface area contributed by atoms with E-state index in [0.29, 0.717) is 32.8 Å². The lowest BCUT2D eigenvalue weighted by Crippen LogP contribution is -2.14. The highest BCUT2D eigenvalue weighted by atomic mass is 35.5. The summed E-state index contributed by atoms with van der Waals surface area (Å²) < 4.78 is 30.1. The Kier molecular flexibility index (Phi) is 7.99. The molecule has 0 radical (unpaired) electrons. The zero-order chi connectivity index (χ0) is 25.7. The Morgan fingerprint density at radius 3 is 2.06 bits per heavy atom. The van der Waals surface area contributed by atoms with Crippen LogP contribution in [-0.4, -0.2) is 20.1 Å². The van der Waals surface area contributed by atoms with Gasteiger partial charge in [0.2, 0.25) is 5.91 Å². The molecule has 4 aromatic rings. The van der Waals surface area contributed by atoms with Crippen molar-refractivity contribution in [2.24, 2.45) is 0 Å². The third-order valence-electron chi connectivity index (χ3n) is 5.49. The van der Waals surface area contributed by atoms with Crippen LogP contribution in [0.5, 0.6) is 11.5 Å². The van der Waals surface area contributed by atoms with Gasteiger partial charge in [-0.3, -0.25) is 4.79 Å². The maximum absolute atomic E-state index is 12.7. The largest absolute Gasteiger partial charge is 0.457 e. The van der Waals surface area contributed by atoms with E-state index in [1.807, 2.05) is 18.2 Å². The number of rotatable bonds is 8. The number of carbonyl (C=O) groups excluding carboxylic acids is 1. The normalized spacial score (nSPS) is 11.2. The van der Waals surface area contributed by atoms with E-state index in [1.54, 1.807) is 67.6 Å². The summed E-state index contributed by atoms with van der Waals surface area (Å²) in [5.74, 6) is 0.934. The number of hydrogen-bond acceptors (Lipinski definition) is 4. The fourth-order valence-corrected chi connectivity index (χ4v) is 4.69. The first-order valence-electron chi connectivity index (χ1n) is 11.2. The molecule has 1 amide bonds. The fraction of sp³-hybridized carbons (Fsp3) is 0.107. The van der Waals surface area contributed by atoms with E-state index in [-0.39, 0.29) is 23.0 Å². The molecule has 0 saturated carbocycles. The molecule has 4 aromatic carbocycles. The van der Waals surface area contributed by atoms with Crippen molar-refractivity contribution in [2.45, 2.75) is 18.2 Å². The van der Waals surface area contributed by atoms with Gasteiger partial charge in [0.25, 0.3) is 0 Å². The van der Waals surface area contributed by atoms with Crippen LogP contribution in [0.25, 0.3) is 11.1 Å². The van der Waals surface area contributed by atoms with Gasteiger partial charge in [0.15, 0.2) is 9.84 Å². The smallest absolute Gasteiger partial charge is 0.228 e. The van der Waals surface area contributed by atoms with E-state index in [4.69, 9.17) is 27.9 Å². The Balaban J connectivity index is 1.55. The van der Waals surface area contributed by atoms with Crippen molar-refractivity contribution < 1.29 is 17.9 Å². The third-order valence-corrected chi connectivity index (χ3v) is 7.74. The monoisotopic (exact) mass is 539 g/mol. The summed E-state index contributed by atoms with van der Waals surface area (Å²) in [5, 5.41) is 4.12. The second-order valence-electron chi connectivity index (χ2n) is 8.05. The van der Waals surface area contributed by atoms with Crippen molar-refractivity contribution in [3.05, 3.63) is 107 Å². The molecule has 1 N–H and O–H groups in total. The first kappa shape index (κ1) is 25.8. The molecule has 0 aliphatic carbocycles. The topological polar surface area (TPSA) is 72.5 Å². The van der Waals surface area contributed by atoms with Gasteiger partial charge in [-0.15, -0.1) is 0 Å². The van der Waals surface area contributed by atoms with Crippen LogP contribution in [0.1, 0.15) is 12.5 Å². The molecule has 0 fully saturated rings. The summed E-state index contributed by atoms with van der Waals surface area (Å²) in [4.78, 5) is 13.0. The Hall–Kier alpha value is -3.32. The molecule has 0 saturated heterocycles. The first-order chi connectivity index (χ1) is 17.2. The third kappa shape index (κ3) is 6.46. The summed E-state index contributed by atoms with van der Waals surface area (Å²) in [5.41, 5.74) is 3.00. The molecule has 4 rings (SSSR count). The van der Waals surface area contributed by atoms with Crippen molar-refractivity contribution in [3.63, 3.8) is 0 Å². The predicted octanol–water partition coefficient (Wildman–Crippen LogP) is 7.43. The van der Waals surface area contributed by atoms with Crippen LogP contribution in [0.15, 0.2) is 95.9 Å². The average Bonchev–Trinajstić information content (AvgIpc) is 2.86. The molecule has 0 bridgehead atoms. The second-order valence-corrected chi connectivity index (χ2v) is 11.2. The standard InChI is InChI=1S/C28H23Cl2NO4S/c1-2-36(33,34)25-14-3-19(4-15-25)17-28(32)31-23-11-16-26(20-5-7-21(29)8-6-20)27(18-23)35-24-12-9-22(30)10-13-24/h3-16,18H,2,17H2,1H3,(H,31,32). The number of hydrogen-bond donors (Lipinski definition) is 1. The van der Waals surface area contributed by atoms with Crippen molar-refractivity contribution in [2.75, 3.05) is 11.1 Å². The van der Waals surface area contributed by atoms with Gasteiger partial charge in [0, 0.05) is 27.4 Å². The molecule has 0 aromatic heterocycles. The zero-order valence-electron chi connectivity index (χ0n) is 19.4. The molecular formula is C28H23Cl2NO4S. The van der Waals surface area contributed by atoms with Crippen LogP contribution >= 0.6 is 23.2 Å². The molecule has 0 heterocycles. The molecule has 8 heteroatoms. The van der Waals surface area contributed by atoms with E-state index < -0.39 is 9.84 Å². The fourth-order valence-electron chi connectivity index (χ4n) is 3.55. The lowest BCUT2D eigenvalue weighted by molar-refractivity contribution is -0.115. The highest BCUT2D eigenvalue weighted by Gasteiger charge is 2.14. The molecule has 0 aliphatic heterocycles. The van der Waals surface area contributed by atoms with Crippen LogP contribution in [0.2, 0.25) is 10.0 Å². The summed E-state index contributed by atoms with van der Waals surface area (Å²) in [6.45, 7) is 1.60. The maximum atomic E-state index is 12.7. The number of amides is 1.